The molecule has 0 amide bonds. The Hall–Kier alpha value is -0.840. The number of benzene rings is 1. The molecule has 0 saturated heterocycles. The molecule has 0 radical (unpaired) electrons. The normalized spacial score (nSPS) is 15.3. The van der Waals surface area contributed by atoms with Gasteiger partial charge in [-0.3, -0.25) is 0 Å². The smallest absolute Gasteiger partial charge is 0.0523 e. The maximum absolute atomic E-state index is 3.52. The first-order valence-electron chi connectivity index (χ1n) is 6.09. The fraction of sp³-hybridized carbons (Fsp3) is 0.286. The minimum atomic E-state index is 0.973. The van der Waals surface area contributed by atoms with Crippen LogP contribution in [-0.4, -0.2) is 13.1 Å². The highest BCUT2D eigenvalue weighted by Crippen LogP contribution is 2.27. The molecule has 2 nitrogen and oxygen atoms in total. The average Bonchev–Trinajstić information content (AvgIpc) is 2.68. The Labute approximate surface area is 120 Å². The van der Waals surface area contributed by atoms with Gasteiger partial charge in [-0.25, -0.2) is 0 Å². The van der Waals surface area contributed by atoms with Gasteiger partial charge < -0.3 is 10.2 Å². The molecule has 18 heavy (non-hydrogen) atoms. The summed E-state index contributed by atoms with van der Waals surface area (Å²) in [6.07, 6.45) is 0. The zero-order chi connectivity index (χ0) is 12.4. The molecule has 0 fully saturated rings. The van der Waals surface area contributed by atoms with Crippen molar-refractivity contribution in [3.05, 3.63) is 50.6 Å². The molecule has 0 atom stereocenters. The number of hydrogen-bond acceptors (Lipinski definition) is 3. The van der Waals surface area contributed by atoms with E-state index in [2.05, 4.69) is 61.9 Å². The number of para-hydroxylation sites is 1. The standard InChI is InChI=1S/C14H15BrN2S/c15-12-7-13(18-10-12)9-17-6-5-16-8-11-3-1-2-4-14(11)17/h1-4,7,10,16H,5-6,8-9H2. The van der Waals surface area contributed by atoms with Crippen molar-refractivity contribution in [3.63, 3.8) is 0 Å². The number of rotatable bonds is 2. The van der Waals surface area contributed by atoms with E-state index in [1.165, 1.54) is 20.6 Å². The minimum Gasteiger partial charge on any atom is -0.365 e. The van der Waals surface area contributed by atoms with E-state index in [1.54, 1.807) is 0 Å². The predicted octanol–water partition coefficient (Wildman–Crippen LogP) is 3.62. The average molecular weight is 323 g/mol. The van der Waals surface area contributed by atoms with Crippen LogP contribution < -0.4 is 10.2 Å². The van der Waals surface area contributed by atoms with E-state index in [9.17, 15) is 0 Å². The summed E-state index contributed by atoms with van der Waals surface area (Å²) >= 11 is 5.34. The third kappa shape index (κ3) is 2.60. The summed E-state index contributed by atoms with van der Waals surface area (Å²) in [4.78, 5) is 3.87. The van der Waals surface area contributed by atoms with Crippen LogP contribution in [0.2, 0.25) is 0 Å². The van der Waals surface area contributed by atoms with E-state index in [-0.39, 0.29) is 0 Å². The van der Waals surface area contributed by atoms with Crippen molar-refractivity contribution >= 4 is 33.0 Å². The molecule has 1 aromatic heterocycles. The van der Waals surface area contributed by atoms with Crippen molar-refractivity contribution in [1.82, 2.24) is 5.32 Å². The van der Waals surface area contributed by atoms with Crippen molar-refractivity contribution in [2.24, 2.45) is 0 Å². The zero-order valence-electron chi connectivity index (χ0n) is 10.0. The van der Waals surface area contributed by atoms with Gasteiger partial charge in [-0.1, -0.05) is 18.2 Å². The highest BCUT2D eigenvalue weighted by atomic mass is 79.9. The van der Waals surface area contributed by atoms with Crippen molar-refractivity contribution in [2.45, 2.75) is 13.1 Å². The van der Waals surface area contributed by atoms with E-state index < -0.39 is 0 Å². The Morgan fingerprint density at radius 2 is 2.22 bits per heavy atom. The van der Waals surface area contributed by atoms with E-state index in [1.807, 2.05) is 11.3 Å². The third-order valence-corrected chi connectivity index (χ3v) is 4.86. The van der Waals surface area contributed by atoms with Crippen LogP contribution in [0.3, 0.4) is 0 Å². The molecule has 1 aliphatic heterocycles. The summed E-state index contributed by atoms with van der Waals surface area (Å²) in [5, 5.41) is 5.63. The number of anilines is 1. The number of thiophene rings is 1. The quantitative estimate of drug-likeness (QED) is 0.908. The number of hydrogen-bond donors (Lipinski definition) is 1. The molecular formula is C14H15BrN2S. The van der Waals surface area contributed by atoms with E-state index in [4.69, 9.17) is 0 Å². The van der Waals surface area contributed by atoms with Crippen LogP contribution >= 0.6 is 27.3 Å². The molecule has 0 unspecified atom stereocenters. The summed E-state index contributed by atoms with van der Waals surface area (Å²) in [6, 6.07) is 10.9. The predicted molar refractivity (Wildman–Crippen MR) is 81.2 cm³/mol. The second-order valence-electron chi connectivity index (χ2n) is 4.46. The first-order chi connectivity index (χ1) is 8.83. The summed E-state index contributed by atoms with van der Waals surface area (Å²) in [6.45, 7) is 4.07. The summed E-state index contributed by atoms with van der Waals surface area (Å²) in [5.74, 6) is 0. The number of nitrogens with one attached hydrogen (secondary N) is 1. The lowest BCUT2D eigenvalue weighted by molar-refractivity contribution is 0.690. The lowest BCUT2D eigenvalue weighted by atomic mass is 10.1. The summed E-state index contributed by atoms with van der Waals surface area (Å²) in [5.41, 5.74) is 2.76. The van der Waals surface area contributed by atoms with Gasteiger partial charge in [0.05, 0.1) is 6.54 Å². The number of nitrogens with zero attached hydrogens (tertiary/aromatic N) is 1. The monoisotopic (exact) mass is 322 g/mol. The molecule has 1 N–H and O–H groups in total. The van der Waals surface area contributed by atoms with Crippen molar-refractivity contribution in [1.29, 1.82) is 0 Å². The highest BCUT2D eigenvalue weighted by molar-refractivity contribution is 9.10. The van der Waals surface area contributed by atoms with Gasteiger partial charge in [-0.15, -0.1) is 11.3 Å². The van der Waals surface area contributed by atoms with Crippen LogP contribution in [0.4, 0.5) is 5.69 Å². The van der Waals surface area contributed by atoms with Crippen LogP contribution in [0, 0.1) is 0 Å². The summed E-state index contributed by atoms with van der Waals surface area (Å²) < 4.78 is 1.18. The molecule has 0 saturated carbocycles. The van der Waals surface area contributed by atoms with Crippen LogP contribution in [-0.2, 0) is 13.1 Å². The Kier molecular flexibility index (Phi) is 3.68. The molecule has 4 heteroatoms. The Balaban J connectivity index is 1.87. The van der Waals surface area contributed by atoms with Crippen LogP contribution in [0.25, 0.3) is 0 Å². The lowest BCUT2D eigenvalue weighted by Gasteiger charge is -2.23. The second-order valence-corrected chi connectivity index (χ2v) is 6.37. The summed E-state index contributed by atoms with van der Waals surface area (Å²) in [7, 11) is 0. The van der Waals surface area contributed by atoms with E-state index in [0.29, 0.717) is 0 Å². The van der Waals surface area contributed by atoms with Gasteiger partial charge in [0.1, 0.15) is 0 Å². The van der Waals surface area contributed by atoms with Gasteiger partial charge in [0.25, 0.3) is 0 Å². The lowest BCUT2D eigenvalue weighted by Crippen LogP contribution is -2.27. The molecule has 1 aromatic carbocycles. The third-order valence-electron chi connectivity index (χ3n) is 3.17. The van der Waals surface area contributed by atoms with Crippen molar-refractivity contribution < 1.29 is 0 Å². The van der Waals surface area contributed by atoms with Gasteiger partial charge in [-0.2, -0.15) is 0 Å². The van der Waals surface area contributed by atoms with E-state index in [0.717, 1.165) is 26.2 Å². The van der Waals surface area contributed by atoms with Crippen LogP contribution in [0.5, 0.6) is 0 Å². The molecule has 3 rings (SSSR count). The van der Waals surface area contributed by atoms with Crippen molar-refractivity contribution in [3.8, 4) is 0 Å². The molecule has 94 valence electrons. The molecule has 0 bridgehead atoms. The molecule has 1 aliphatic rings. The SMILES string of the molecule is Brc1csc(CN2CCNCc3ccccc32)c1. The molecule has 0 spiro atoms. The Morgan fingerprint density at radius 3 is 3.06 bits per heavy atom. The van der Waals surface area contributed by atoms with Crippen LogP contribution in [0.1, 0.15) is 10.4 Å². The second kappa shape index (κ2) is 5.43. The topological polar surface area (TPSA) is 15.3 Å². The number of fused-ring (bicyclic) bond motifs is 1. The fourth-order valence-electron chi connectivity index (χ4n) is 2.32. The first-order valence-corrected chi connectivity index (χ1v) is 7.77. The minimum absolute atomic E-state index is 0.973. The van der Waals surface area contributed by atoms with Gasteiger partial charge in [0.15, 0.2) is 0 Å². The maximum Gasteiger partial charge on any atom is 0.0523 e. The molecule has 2 aromatic rings. The largest absolute Gasteiger partial charge is 0.365 e. The van der Waals surface area contributed by atoms with E-state index >= 15 is 0 Å². The van der Waals surface area contributed by atoms with Crippen molar-refractivity contribution in [2.75, 3.05) is 18.0 Å². The zero-order valence-corrected chi connectivity index (χ0v) is 12.4. The van der Waals surface area contributed by atoms with Gasteiger partial charge in [0.2, 0.25) is 0 Å². The molecule has 0 aliphatic carbocycles. The van der Waals surface area contributed by atoms with Gasteiger partial charge in [-0.05, 0) is 33.6 Å². The fourth-order valence-corrected chi connectivity index (χ4v) is 3.78. The Bertz CT molecular complexity index is 538. The maximum atomic E-state index is 3.52. The molecular weight excluding hydrogens is 308 g/mol. The van der Waals surface area contributed by atoms with Gasteiger partial charge >= 0.3 is 0 Å². The first kappa shape index (κ1) is 12.2. The molecule has 2 heterocycles. The number of halogens is 1. The van der Waals surface area contributed by atoms with Gasteiger partial charge in [0, 0.05) is 40.1 Å². The highest BCUT2D eigenvalue weighted by Gasteiger charge is 2.15. The van der Waals surface area contributed by atoms with Crippen LogP contribution in [0.15, 0.2) is 40.2 Å². The Morgan fingerprint density at radius 1 is 1.33 bits per heavy atom.